The van der Waals surface area contributed by atoms with E-state index < -0.39 is 17.2 Å². The zero-order valence-corrected chi connectivity index (χ0v) is 18.8. The van der Waals surface area contributed by atoms with Crippen molar-refractivity contribution < 1.29 is 14.3 Å². The number of halogens is 1. The van der Waals surface area contributed by atoms with Crippen LogP contribution in [0, 0.1) is 19.7 Å². The van der Waals surface area contributed by atoms with E-state index >= 15 is 0 Å². The van der Waals surface area contributed by atoms with Crippen molar-refractivity contribution in [1.82, 2.24) is 14.5 Å². The molecule has 2 N–H and O–H groups in total. The monoisotopic (exact) mass is 458 g/mol. The molecule has 2 aromatic carbocycles. The summed E-state index contributed by atoms with van der Waals surface area (Å²) in [5, 5.41) is 12.4. The number of nitrogens with zero attached hydrogens (tertiary/aromatic N) is 3. The van der Waals surface area contributed by atoms with E-state index in [1.54, 1.807) is 10.8 Å². The Hall–Kier alpha value is -4.07. The van der Waals surface area contributed by atoms with E-state index in [9.17, 15) is 19.1 Å². The largest absolute Gasteiger partial charge is 0.477 e. The fraction of sp³-hybridized carbons (Fsp3) is 0.231. The predicted molar refractivity (Wildman–Crippen MR) is 127 cm³/mol. The highest BCUT2D eigenvalue weighted by molar-refractivity contribution is 5.93. The van der Waals surface area contributed by atoms with Crippen LogP contribution in [0.2, 0.25) is 0 Å². The fourth-order valence-electron chi connectivity index (χ4n) is 4.19. The van der Waals surface area contributed by atoms with Crippen LogP contribution >= 0.6 is 0 Å². The van der Waals surface area contributed by atoms with E-state index in [-0.39, 0.29) is 28.6 Å². The molecule has 0 radical (unpaired) electrons. The standard InChI is InChI=1S/C26H23FN4O3/c1-14-3-4-16(15(2)9-14)10-17-7-8-28-26(29-17)30-22-12-23-19(11-21(22)27)24(32)20(25(33)34)13-31(23)18-5-6-18/h3-4,7-9,11-13,18H,5-6,10H2,1-2H3,(H,33,34)(H,28,29,30). The zero-order chi connectivity index (χ0) is 24.0. The highest BCUT2D eigenvalue weighted by Gasteiger charge is 2.27. The van der Waals surface area contributed by atoms with Crippen LogP contribution in [0.15, 0.2) is 53.6 Å². The van der Waals surface area contributed by atoms with Gasteiger partial charge in [-0.1, -0.05) is 23.8 Å². The summed E-state index contributed by atoms with van der Waals surface area (Å²) >= 11 is 0. The van der Waals surface area contributed by atoms with Gasteiger partial charge in [-0.05, 0) is 56.0 Å². The molecule has 8 heteroatoms. The second kappa shape index (κ2) is 8.37. The second-order valence-corrected chi connectivity index (χ2v) is 8.77. The van der Waals surface area contributed by atoms with Gasteiger partial charge in [0.05, 0.1) is 16.9 Å². The van der Waals surface area contributed by atoms with Crippen molar-refractivity contribution in [3.05, 3.63) is 92.8 Å². The molecular weight excluding hydrogens is 435 g/mol. The second-order valence-electron chi connectivity index (χ2n) is 8.77. The van der Waals surface area contributed by atoms with Crippen molar-refractivity contribution in [2.75, 3.05) is 5.32 Å². The van der Waals surface area contributed by atoms with Gasteiger partial charge in [0.15, 0.2) is 0 Å². The number of aryl methyl sites for hydroxylation is 2. The molecule has 7 nitrogen and oxygen atoms in total. The van der Waals surface area contributed by atoms with Crippen LogP contribution in [-0.2, 0) is 6.42 Å². The number of carboxylic acids is 1. The first-order valence-electron chi connectivity index (χ1n) is 11.1. The van der Waals surface area contributed by atoms with Gasteiger partial charge in [-0.2, -0.15) is 0 Å². The SMILES string of the molecule is Cc1ccc(Cc2ccnc(Nc3cc4c(cc3F)c(=O)c(C(=O)O)cn4C3CC3)n2)c(C)c1. The molecular formula is C26H23FN4O3. The van der Waals surface area contributed by atoms with Gasteiger partial charge < -0.3 is 15.0 Å². The topological polar surface area (TPSA) is 97.1 Å². The Balaban J connectivity index is 1.51. The molecule has 1 aliphatic rings. The Morgan fingerprint density at radius 2 is 2.00 bits per heavy atom. The number of pyridine rings is 1. The van der Waals surface area contributed by atoms with E-state index in [1.165, 1.54) is 23.4 Å². The van der Waals surface area contributed by atoms with Crippen LogP contribution in [-0.4, -0.2) is 25.6 Å². The van der Waals surface area contributed by atoms with E-state index in [2.05, 4.69) is 40.4 Å². The summed E-state index contributed by atoms with van der Waals surface area (Å²) < 4.78 is 16.7. The minimum absolute atomic E-state index is 0.0411. The summed E-state index contributed by atoms with van der Waals surface area (Å²) in [6.45, 7) is 4.11. The highest BCUT2D eigenvalue weighted by Crippen LogP contribution is 2.38. The molecule has 34 heavy (non-hydrogen) atoms. The summed E-state index contributed by atoms with van der Waals surface area (Å²) in [7, 11) is 0. The van der Waals surface area contributed by atoms with Crippen molar-refractivity contribution in [3.63, 3.8) is 0 Å². The summed E-state index contributed by atoms with van der Waals surface area (Å²) in [5.74, 6) is -1.77. The lowest BCUT2D eigenvalue weighted by atomic mass is 10.0. The van der Waals surface area contributed by atoms with E-state index in [0.717, 1.165) is 30.2 Å². The number of benzene rings is 2. The first kappa shape index (κ1) is 21.8. The molecule has 0 bridgehead atoms. The molecule has 2 heterocycles. The molecule has 2 aromatic heterocycles. The van der Waals surface area contributed by atoms with Crippen molar-refractivity contribution >= 4 is 28.5 Å². The molecule has 0 atom stereocenters. The number of nitrogens with one attached hydrogen (secondary N) is 1. The number of carbonyl (C=O) groups is 1. The average Bonchev–Trinajstić information content (AvgIpc) is 3.62. The highest BCUT2D eigenvalue weighted by atomic mass is 19.1. The number of hydrogen-bond acceptors (Lipinski definition) is 5. The number of hydrogen-bond donors (Lipinski definition) is 2. The number of fused-ring (bicyclic) bond motifs is 1. The lowest BCUT2D eigenvalue weighted by molar-refractivity contribution is 0.0695. The van der Waals surface area contributed by atoms with Gasteiger partial charge in [0, 0.05) is 30.2 Å². The van der Waals surface area contributed by atoms with Gasteiger partial charge in [-0.25, -0.2) is 19.2 Å². The molecule has 0 saturated heterocycles. The maximum atomic E-state index is 15.0. The van der Waals surface area contributed by atoms with Gasteiger partial charge in [0.1, 0.15) is 11.4 Å². The maximum Gasteiger partial charge on any atom is 0.341 e. The molecule has 5 rings (SSSR count). The third-order valence-electron chi connectivity index (χ3n) is 6.12. The molecule has 0 amide bonds. The maximum absolute atomic E-state index is 15.0. The molecule has 0 unspecified atom stereocenters. The third-order valence-corrected chi connectivity index (χ3v) is 6.12. The van der Waals surface area contributed by atoms with Crippen molar-refractivity contribution in [1.29, 1.82) is 0 Å². The number of anilines is 2. The molecule has 1 saturated carbocycles. The minimum Gasteiger partial charge on any atom is -0.477 e. The lowest BCUT2D eigenvalue weighted by Crippen LogP contribution is -2.19. The fourth-order valence-corrected chi connectivity index (χ4v) is 4.19. The van der Waals surface area contributed by atoms with Crippen LogP contribution < -0.4 is 10.7 Å². The van der Waals surface area contributed by atoms with E-state index in [1.807, 2.05) is 13.0 Å². The number of carboxylic acid groups (broad SMARTS) is 1. The molecule has 1 fully saturated rings. The van der Waals surface area contributed by atoms with Gasteiger partial charge in [0.25, 0.3) is 0 Å². The smallest absolute Gasteiger partial charge is 0.341 e. The van der Waals surface area contributed by atoms with Gasteiger partial charge in [0.2, 0.25) is 11.4 Å². The quantitative estimate of drug-likeness (QED) is 0.426. The van der Waals surface area contributed by atoms with Gasteiger partial charge in [-0.3, -0.25) is 4.79 Å². The summed E-state index contributed by atoms with van der Waals surface area (Å²) in [4.78, 5) is 32.9. The normalized spacial score (nSPS) is 13.3. The lowest BCUT2D eigenvalue weighted by Gasteiger charge is -2.14. The Morgan fingerprint density at radius 1 is 1.21 bits per heavy atom. The van der Waals surface area contributed by atoms with Crippen LogP contribution in [0.4, 0.5) is 16.0 Å². The van der Waals surface area contributed by atoms with Crippen molar-refractivity contribution in [2.24, 2.45) is 0 Å². The molecule has 4 aromatic rings. The van der Waals surface area contributed by atoms with Gasteiger partial charge in [-0.15, -0.1) is 0 Å². The van der Waals surface area contributed by atoms with Crippen LogP contribution in [0.25, 0.3) is 10.9 Å². The van der Waals surface area contributed by atoms with Crippen molar-refractivity contribution in [3.8, 4) is 0 Å². The number of aromatic carboxylic acids is 1. The average molecular weight is 458 g/mol. The Kier molecular flexibility index (Phi) is 5.36. The molecule has 172 valence electrons. The van der Waals surface area contributed by atoms with E-state index in [0.29, 0.717) is 11.9 Å². The van der Waals surface area contributed by atoms with Crippen LogP contribution in [0.5, 0.6) is 0 Å². The predicted octanol–water partition coefficient (Wildman–Crippen LogP) is 4.91. The van der Waals surface area contributed by atoms with Crippen LogP contribution in [0.3, 0.4) is 0 Å². The Labute approximate surface area is 194 Å². The Bertz CT molecular complexity index is 1510. The number of aromatic nitrogens is 3. The van der Waals surface area contributed by atoms with Gasteiger partial charge >= 0.3 is 5.97 Å². The molecule has 0 aliphatic heterocycles. The zero-order valence-electron chi connectivity index (χ0n) is 18.8. The Morgan fingerprint density at radius 3 is 2.71 bits per heavy atom. The molecule has 1 aliphatic carbocycles. The summed E-state index contributed by atoms with van der Waals surface area (Å²) in [6.07, 6.45) is 5.34. The third kappa shape index (κ3) is 4.14. The first-order chi connectivity index (χ1) is 16.3. The number of rotatable bonds is 6. The summed E-state index contributed by atoms with van der Waals surface area (Å²) in [6, 6.07) is 10.8. The first-order valence-corrected chi connectivity index (χ1v) is 11.1. The summed E-state index contributed by atoms with van der Waals surface area (Å²) in [5.41, 5.74) is 3.84. The van der Waals surface area contributed by atoms with E-state index in [4.69, 9.17) is 0 Å². The van der Waals surface area contributed by atoms with Crippen LogP contribution in [0.1, 0.15) is 51.6 Å². The molecule has 0 spiro atoms. The minimum atomic E-state index is -1.32. The van der Waals surface area contributed by atoms with Crippen molar-refractivity contribution in [2.45, 2.75) is 39.2 Å².